The molecule has 1 aliphatic rings. The van der Waals surface area contributed by atoms with Crippen LogP contribution >= 0.6 is 0 Å². The number of aliphatic carboxylic acids is 2. The van der Waals surface area contributed by atoms with Crippen LogP contribution in [0.25, 0.3) is 0 Å². The van der Waals surface area contributed by atoms with Crippen molar-refractivity contribution in [2.24, 2.45) is 0 Å². The van der Waals surface area contributed by atoms with Gasteiger partial charge in [0.2, 0.25) is 11.8 Å². The van der Waals surface area contributed by atoms with E-state index in [0.29, 0.717) is 0 Å². The number of carbonyl (C=O) groups excluding carboxylic acids is 2. The molecule has 0 spiro atoms. The lowest BCUT2D eigenvalue weighted by Crippen LogP contribution is -2.58. The van der Waals surface area contributed by atoms with Crippen molar-refractivity contribution in [3.63, 3.8) is 0 Å². The Morgan fingerprint density at radius 1 is 1.22 bits per heavy atom. The van der Waals surface area contributed by atoms with Crippen molar-refractivity contribution in [3.05, 3.63) is 0 Å². The second kappa shape index (κ2) is 5.99. The van der Waals surface area contributed by atoms with Crippen LogP contribution in [0, 0.1) is 0 Å². The Bertz CT molecular complexity index is 349. The lowest BCUT2D eigenvalue weighted by Gasteiger charge is -2.32. The molecule has 1 fully saturated rings. The van der Waals surface area contributed by atoms with Gasteiger partial charge in [0.05, 0.1) is 13.0 Å². The molecule has 1 unspecified atom stereocenters. The number of hydrogen-bond acceptors (Lipinski definition) is 4. The monoisotopic (exact) mass is 258 g/mol. The Balaban J connectivity index is 2.58. The molecule has 0 aromatic carbocycles. The summed E-state index contributed by atoms with van der Waals surface area (Å²) in [5.74, 6) is -2.96. The maximum absolute atomic E-state index is 11.8. The third kappa shape index (κ3) is 4.04. The SMILES string of the molecule is O=C(O)CCC1NC(=O)CN(CCC(=O)O)C1=O. The topological polar surface area (TPSA) is 124 Å². The van der Waals surface area contributed by atoms with Crippen molar-refractivity contribution in [2.45, 2.75) is 25.3 Å². The van der Waals surface area contributed by atoms with E-state index in [4.69, 9.17) is 10.2 Å². The summed E-state index contributed by atoms with van der Waals surface area (Å²) in [6, 6.07) is -0.879. The number of carboxylic acid groups (broad SMARTS) is 2. The van der Waals surface area contributed by atoms with E-state index in [0.717, 1.165) is 4.90 Å². The first-order valence-corrected chi connectivity index (χ1v) is 5.42. The number of nitrogens with zero attached hydrogens (tertiary/aromatic N) is 1. The molecular weight excluding hydrogens is 244 g/mol. The first-order chi connectivity index (χ1) is 8.40. The predicted octanol–water partition coefficient (Wildman–Crippen LogP) is -1.35. The smallest absolute Gasteiger partial charge is 0.305 e. The fraction of sp³-hybridized carbons (Fsp3) is 0.600. The minimum absolute atomic E-state index is 0.00345. The highest BCUT2D eigenvalue weighted by Crippen LogP contribution is 2.08. The third-order valence-electron chi connectivity index (χ3n) is 2.52. The van der Waals surface area contributed by atoms with E-state index in [1.54, 1.807) is 0 Å². The van der Waals surface area contributed by atoms with Crippen LogP contribution < -0.4 is 5.32 Å². The summed E-state index contributed by atoms with van der Waals surface area (Å²) in [5.41, 5.74) is 0. The molecule has 1 aliphatic heterocycles. The van der Waals surface area contributed by atoms with E-state index < -0.39 is 29.8 Å². The molecule has 100 valence electrons. The van der Waals surface area contributed by atoms with Gasteiger partial charge in [0, 0.05) is 13.0 Å². The fourth-order valence-corrected chi connectivity index (χ4v) is 1.66. The zero-order valence-electron chi connectivity index (χ0n) is 9.59. The van der Waals surface area contributed by atoms with Crippen LogP contribution in [0.5, 0.6) is 0 Å². The highest BCUT2D eigenvalue weighted by molar-refractivity contribution is 5.95. The molecule has 0 saturated carbocycles. The Morgan fingerprint density at radius 2 is 1.83 bits per heavy atom. The number of rotatable bonds is 6. The number of carboxylic acids is 2. The molecule has 8 heteroatoms. The summed E-state index contributed by atoms with van der Waals surface area (Å²) in [6.07, 6.45) is -0.475. The molecule has 0 radical (unpaired) electrons. The van der Waals surface area contributed by atoms with E-state index in [-0.39, 0.29) is 32.4 Å². The minimum atomic E-state index is -1.06. The summed E-state index contributed by atoms with van der Waals surface area (Å²) >= 11 is 0. The lowest BCUT2D eigenvalue weighted by atomic mass is 10.1. The second-order valence-corrected chi connectivity index (χ2v) is 3.96. The van der Waals surface area contributed by atoms with Crippen LogP contribution in [-0.2, 0) is 19.2 Å². The number of nitrogens with one attached hydrogen (secondary N) is 1. The third-order valence-corrected chi connectivity index (χ3v) is 2.52. The van der Waals surface area contributed by atoms with Crippen molar-refractivity contribution in [2.75, 3.05) is 13.1 Å². The minimum Gasteiger partial charge on any atom is -0.481 e. The predicted molar refractivity (Wildman–Crippen MR) is 57.6 cm³/mol. The van der Waals surface area contributed by atoms with E-state index in [9.17, 15) is 19.2 Å². The molecule has 0 aromatic heterocycles. The molecule has 0 aromatic rings. The van der Waals surface area contributed by atoms with Gasteiger partial charge in [-0.3, -0.25) is 19.2 Å². The fourth-order valence-electron chi connectivity index (χ4n) is 1.66. The summed E-state index contributed by atoms with van der Waals surface area (Å²) in [7, 11) is 0. The van der Waals surface area contributed by atoms with Gasteiger partial charge in [0.1, 0.15) is 6.04 Å². The lowest BCUT2D eigenvalue weighted by molar-refractivity contribution is -0.146. The van der Waals surface area contributed by atoms with Gasteiger partial charge in [-0.05, 0) is 6.42 Å². The quantitative estimate of drug-likeness (QED) is 0.541. The molecule has 18 heavy (non-hydrogen) atoms. The van der Waals surface area contributed by atoms with Crippen molar-refractivity contribution < 1.29 is 29.4 Å². The van der Waals surface area contributed by atoms with Gasteiger partial charge in [-0.1, -0.05) is 0 Å². The van der Waals surface area contributed by atoms with Gasteiger partial charge < -0.3 is 20.4 Å². The average Bonchev–Trinajstić information content (AvgIpc) is 2.27. The van der Waals surface area contributed by atoms with Gasteiger partial charge >= 0.3 is 11.9 Å². The van der Waals surface area contributed by atoms with Gasteiger partial charge in [0.15, 0.2) is 0 Å². The molecule has 1 atom stereocenters. The average molecular weight is 258 g/mol. The van der Waals surface area contributed by atoms with Crippen molar-refractivity contribution in [1.82, 2.24) is 10.2 Å². The van der Waals surface area contributed by atoms with Crippen LogP contribution in [0.3, 0.4) is 0 Å². The molecule has 0 aliphatic carbocycles. The van der Waals surface area contributed by atoms with Crippen LogP contribution in [0.15, 0.2) is 0 Å². The first-order valence-electron chi connectivity index (χ1n) is 5.42. The zero-order valence-corrected chi connectivity index (χ0v) is 9.59. The van der Waals surface area contributed by atoms with Crippen LogP contribution in [-0.4, -0.2) is 58.0 Å². The molecule has 1 saturated heterocycles. The Hall–Kier alpha value is -2.12. The van der Waals surface area contributed by atoms with Crippen LogP contribution in [0.2, 0.25) is 0 Å². The number of hydrogen-bond donors (Lipinski definition) is 3. The van der Waals surface area contributed by atoms with E-state index in [1.165, 1.54) is 0 Å². The Morgan fingerprint density at radius 3 is 2.39 bits per heavy atom. The van der Waals surface area contributed by atoms with Crippen LogP contribution in [0.1, 0.15) is 19.3 Å². The van der Waals surface area contributed by atoms with E-state index in [1.807, 2.05) is 0 Å². The summed E-state index contributed by atoms with van der Waals surface area (Å²) < 4.78 is 0. The van der Waals surface area contributed by atoms with Crippen LogP contribution in [0.4, 0.5) is 0 Å². The molecule has 1 heterocycles. The summed E-state index contributed by atoms with van der Waals surface area (Å²) in [6.45, 7) is -0.235. The largest absolute Gasteiger partial charge is 0.481 e. The molecule has 8 nitrogen and oxygen atoms in total. The number of piperazine rings is 1. The molecule has 1 rings (SSSR count). The van der Waals surface area contributed by atoms with Gasteiger partial charge in [-0.2, -0.15) is 0 Å². The highest BCUT2D eigenvalue weighted by Gasteiger charge is 2.32. The standard InChI is InChI=1S/C10H14N2O6/c13-7-5-12(4-3-9(16)17)10(18)6(11-7)1-2-8(14)15/h6H,1-5H2,(H,11,13)(H,14,15)(H,16,17). The number of amides is 2. The molecule has 2 amide bonds. The van der Waals surface area contributed by atoms with Crippen molar-refractivity contribution >= 4 is 23.8 Å². The second-order valence-electron chi connectivity index (χ2n) is 3.96. The zero-order chi connectivity index (χ0) is 13.7. The van der Waals surface area contributed by atoms with Crippen molar-refractivity contribution in [1.29, 1.82) is 0 Å². The summed E-state index contributed by atoms with van der Waals surface area (Å²) in [5, 5.41) is 19.4. The van der Waals surface area contributed by atoms with E-state index in [2.05, 4.69) is 5.32 Å². The Kier molecular flexibility index (Phi) is 4.64. The van der Waals surface area contributed by atoms with Crippen molar-refractivity contribution in [3.8, 4) is 0 Å². The molecule has 0 bridgehead atoms. The van der Waals surface area contributed by atoms with E-state index >= 15 is 0 Å². The highest BCUT2D eigenvalue weighted by atomic mass is 16.4. The van der Waals surface area contributed by atoms with Gasteiger partial charge in [-0.25, -0.2) is 0 Å². The van der Waals surface area contributed by atoms with Gasteiger partial charge in [-0.15, -0.1) is 0 Å². The maximum atomic E-state index is 11.8. The normalized spacial score (nSPS) is 19.6. The summed E-state index contributed by atoms with van der Waals surface area (Å²) in [4.78, 5) is 45.1. The molecular formula is C10H14N2O6. The molecule has 3 N–H and O–H groups in total. The number of carbonyl (C=O) groups is 4. The maximum Gasteiger partial charge on any atom is 0.305 e. The first kappa shape index (κ1) is 13.9. The van der Waals surface area contributed by atoms with Gasteiger partial charge in [0.25, 0.3) is 0 Å². The Labute approximate surface area is 103 Å².